The van der Waals surface area contributed by atoms with Crippen LogP contribution in [0.3, 0.4) is 0 Å². The van der Waals surface area contributed by atoms with Gasteiger partial charge in [0.05, 0.1) is 24.9 Å². The van der Waals surface area contributed by atoms with Crippen molar-refractivity contribution in [3.63, 3.8) is 0 Å². The molecule has 0 unspecified atom stereocenters. The Morgan fingerprint density at radius 3 is 2.37 bits per heavy atom. The van der Waals surface area contributed by atoms with Crippen LogP contribution in [0.2, 0.25) is 0 Å². The quantitative estimate of drug-likeness (QED) is 0.0808. The standard InChI is InChI=1S/C27H31I2NO5.C22H29FO5/c1-5-17(4)34-24(31)16-23-25(19-10-8-9-11-22(19)35-23)26(32)18-14-20(28)27(21(29)15-18)33-13-12-30(6-2)7-3;1-12-8-16-15-5-4-13-9-14(25)6-7-19(13,2)21(15,23)17(26)10-20(16,3)22(12,28)18(27)11-24/h8-11,14-15,17H,5-7,12-13,16H2,1-4H3;6-7,9,12,15-17,24,26,28H,4-5,8,10-11H2,1-3H3/t17-;12-,15+,16+,17+,19+,20+,21+,22+/m01/s1. The zero-order valence-electron chi connectivity index (χ0n) is 37.1. The number of nitrogens with zero attached hydrogens (tertiary/aromatic N) is 1. The lowest BCUT2D eigenvalue weighted by Crippen LogP contribution is -2.69. The van der Waals surface area contributed by atoms with Crippen molar-refractivity contribution in [2.45, 2.75) is 110 Å². The van der Waals surface area contributed by atoms with E-state index < -0.39 is 58.4 Å². The highest BCUT2D eigenvalue weighted by Crippen LogP contribution is 2.70. The van der Waals surface area contributed by atoms with Crippen LogP contribution in [-0.2, 0) is 25.5 Å². The highest BCUT2D eigenvalue weighted by atomic mass is 127. The molecule has 1 aromatic heterocycles. The second kappa shape index (κ2) is 19.4. The molecule has 3 aromatic rings. The number of ether oxygens (including phenoxy) is 2. The second-order valence-corrected chi connectivity index (χ2v) is 20.3. The second-order valence-electron chi connectivity index (χ2n) is 18.0. The molecule has 11 nitrogen and oxygen atoms in total. The number of rotatable bonds is 14. The van der Waals surface area contributed by atoms with Gasteiger partial charge in [0.15, 0.2) is 23.0 Å². The van der Waals surface area contributed by atoms with Gasteiger partial charge in [-0.05, 0) is 146 Å². The number of carbonyl (C=O) groups excluding carboxylic acids is 4. The van der Waals surface area contributed by atoms with Crippen LogP contribution >= 0.6 is 45.2 Å². The van der Waals surface area contributed by atoms with Crippen LogP contribution in [0.15, 0.2) is 64.6 Å². The molecule has 7 rings (SSSR count). The van der Waals surface area contributed by atoms with Gasteiger partial charge in [0.25, 0.3) is 0 Å². The molecule has 9 atom stereocenters. The van der Waals surface area contributed by atoms with Gasteiger partial charge in [-0.15, -0.1) is 0 Å². The number of esters is 1. The minimum atomic E-state index is -1.98. The van der Waals surface area contributed by atoms with Crippen molar-refractivity contribution in [1.29, 1.82) is 0 Å². The summed E-state index contributed by atoms with van der Waals surface area (Å²) in [6.45, 7) is 15.9. The van der Waals surface area contributed by atoms with Crippen molar-refractivity contribution in [1.82, 2.24) is 4.90 Å². The van der Waals surface area contributed by atoms with Crippen molar-refractivity contribution >= 4 is 79.5 Å². The molecule has 4 aliphatic carbocycles. The maximum atomic E-state index is 16.9. The van der Waals surface area contributed by atoms with E-state index in [2.05, 4.69) is 63.9 Å². The molecule has 4 aliphatic rings. The first-order valence-corrected chi connectivity index (χ1v) is 24.2. The van der Waals surface area contributed by atoms with Crippen LogP contribution in [-0.4, -0.2) is 99.9 Å². The number of fused-ring (bicyclic) bond motifs is 6. The van der Waals surface area contributed by atoms with E-state index in [1.54, 1.807) is 32.9 Å². The number of aliphatic hydroxyl groups excluding tert-OH is 2. The summed E-state index contributed by atoms with van der Waals surface area (Å²) in [6.07, 6.45) is 4.87. The molecule has 3 saturated carbocycles. The Labute approximate surface area is 396 Å². The molecule has 0 aliphatic heterocycles. The third kappa shape index (κ3) is 8.74. The predicted octanol–water partition coefficient (Wildman–Crippen LogP) is 8.37. The van der Waals surface area contributed by atoms with Gasteiger partial charge in [-0.2, -0.15) is 0 Å². The van der Waals surface area contributed by atoms with Gasteiger partial charge in [0, 0.05) is 34.2 Å². The Bertz CT molecular complexity index is 2280. The maximum Gasteiger partial charge on any atom is 0.313 e. The van der Waals surface area contributed by atoms with Crippen molar-refractivity contribution in [2.75, 3.05) is 32.8 Å². The number of furan rings is 1. The van der Waals surface area contributed by atoms with Crippen molar-refractivity contribution in [3.8, 4) is 5.75 Å². The Morgan fingerprint density at radius 2 is 1.73 bits per heavy atom. The molecule has 1 heterocycles. The molecule has 14 heteroatoms. The lowest BCUT2D eigenvalue weighted by atomic mass is 9.44. The fourth-order valence-corrected chi connectivity index (χ4v) is 13.1. The van der Waals surface area contributed by atoms with Crippen LogP contribution in [0.1, 0.15) is 102 Å². The fraction of sp³-hybridized carbons (Fsp3) is 0.551. The highest BCUT2D eigenvalue weighted by Gasteiger charge is 2.75. The lowest BCUT2D eigenvalue weighted by Gasteiger charge is -2.62. The predicted molar refractivity (Wildman–Crippen MR) is 254 cm³/mol. The molecular weight excluding hydrogens is 1040 g/mol. The van der Waals surface area contributed by atoms with Gasteiger partial charge in [0.1, 0.15) is 42.3 Å². The van der Waals surface area contributed by atoms with Gasteiger partial charge < -0.3 is 34.1 Å². The maximum absolute atomic E-state index is 16.9. The van der Waals surface area contributed by atoms with Crippen LogP contribution in [0, 0.1) is 35.7 Å². The summed E-state index contributed by atoms with van der Waals surface area (Å²) in [5.41, 5.74) is -3.67. The topological polar surface area (TPSA) is 164 Å². The summed E-state index contributed by atoms with van der Waals surface area (Å²) in [5, 5.41) is 32.7. The van der Waals surface area contributed by atoms with E-state index in [4.69, 9.17) is 13.9 Å². The van der Waals surface area contributed by atoms with Gasteiger partial charge in [-0.1, -0.05) is 64.5 Å². The van der Waals surface area contributed by atoms with Gasteiger partial charge >= 0.3 is 5.97 Å². The zero-order valence-corrected chi connectivity index (χ0v) is 41.5. The molecule has 0 saturated heterocycles. The summed E-state index contributed by atoms with van der Waals surface area (Å²) >= 11 is 4.42. The number of alkyl halides is 1. The monoisotopic (exact) mass is 1100 g/mol. The molecule has 3 fully saturated rings. The number of Topliss-reactive ketones (excluding diaryl/α,β-unsaturated/α-hetero) is 1. The molecular formula is C49H60FI2NO10. The first kappa shape index (κ1) is 49.4. The number of hydrogen-bond acceptors (Lipinski definition) is 11. The van der Waals surface area contributed by atoms with E-state index in [9.17, 15) is 34.5 Å². The number of allylic oxidation sites excluding steroid dienone is 4. The number of aliphatic hydroxyl groups is 3. The Balaban J connectivity index is 0.000000214. The van der Waals surface area contributed by atoms with E-state index in [1.165, 1.54) is 12.2 Å². The van der Waals surface area contributed by atoms with Crippen molar-refractivity contribution < 1.29 is 52.8 Å². The van der Waals surface area contributed by atoms with E-state index in [1.807, 2.05) is 44.2 Å². The minimum absolute atomic E-state index is 0.0676. The molecule has 2 aromatic carbocycles. The SMILES string of the molecule is CC[C@H](C)OC(=O)Cc1oc2ccccc2c1C(=O)c1cc(I)c(OCCN(CC)CC)c(I)c1.C[C@@H]1C[C@H]2[C@@H]3CCC4=CC(=O)C=C[C@]4(C)[C@@]3(F)[C@@H](O)C[C@]2(C)[C@@]1(O)C(=O)CO. The van der Waals surface area contributed by atoms with E-state index in [0.29, 0.717) is 59.3 Å². The summed E-state index contributed by atoms with van der Waals surface area (Å²) in [7, 11) is 0. The average molecular weight is 1100 g/mol. The zero-order chi connectivity index (χ0) is 46.2. The fourth-order valence-electron chi connectivity index (χ4n) is 11.0. The molecule has 342 valence electrons. The normalized spacial score (nSPS) is 30.1. The Morgan fingerprint density at radius 1 is 1.06 bits per heavy atom. The Kier molecular flexibility index (Phi) is 15.2. The largest absolute Gasteiger partial charge is 0.490 e. The van der Waals surface area contributed by atoms with Crippen LogP contribution in [0.25, 0.3) is 11.0 Å². The average Bonchev–Trinajstić information content (AvgIpc) is 3.71. The van der Waals surface area contributed by atoms with E-state index in [-0.39, 0.29) is 36.4 Å². The number of ketones is 3. The minimum Gasteiger partial charge on any atom is -0.490 e. The first-order chi connectivity index (χ1) is 29.7. The third-order valence-corrected chi connectivity index (χ3v) is 16.3. The number of likely N-dealkylation sites (N-methyl/N-ethyl adjacent to an activating group) is 1. The smallest absolute Gasteiger partial charge is 0.313 e. The molecule has 0 spiro atoms. The Hall–Kier alpha value is -3.03. The van der Waals surface area contributed by atoms with Crippen LogP contribution in [0.5, 0.6) is 5.75 Å². The summed E-state index contributed by atoms with van der Waals surface area (Å²) in [4.78, 5) is 52.9. The molecule has 63 heavy (non-hydrogen) atoms. The third-order valence-electron chi connectivity index (χ3n) is 14.7. The van der Waals surface area contributed by atoms with E-state index >= 15 is 4.39 Å². The molecule has 3 N–H and O–H groups in total. The number of benzene rings is 2. The number of halogens is 3. The number of para-hydroxylation sites is 1. The number of carbonyl (C=O) groups is 4. The van der Waals surface area contributed by atoms with E-state index in [0.717, 1.165) is 38.9 Å². The molecule has 0 radical (unpaired) electrons. The summed E-state index contributed by atoms with van der Waals surface area (Å²) in [6, 6.07) is 11.0. The summed E-state index contributed by atoms with van der Waals surface area (Å²) in [5.74, 6) is -1.61. The van der Waals surface area contributed by atoms with Crippen molar-refractivity contribution in [3.05, 3.63) is 84.2 Å². The number of hydrogen-bond donors (Lipinski definition) is 3. The van der Waals surface area contributed by atoms with Crippen LogP contribution < -0.4 is 4.74 Å². The first-order valence-electron chi connectivity index (χ1n) is 22.0. The van der Waals surface area contributed by atoms with Gasteiger partial charge in [-0.3, -0.25) is 19.2 Å². The molecule has 0 amide bonds. The van der Waals surface area contributed by atoms with Gasteiger partial charge in [-0.25, -0.2) is 4.39 Å². The lowest BCUT2D eigenvalue weighted by molar-refractivity contribution is -0.219. The highest BCUT2D eigenvalue weighted by molar-refractivity contribution is 14.1. The summed E-state index contributed by atoms with van der Waals surface area (Å²) < 4.78 is 36.0. The van der Waals surface area contributed by atoms with Gasteiger partial charge in [0.2, 0.25) is 0 Å². The molecule has 0 bridgehead atoms. The van der Waals surface area contributed by atoms with Crippen molar-refractivity contribution in [2.24, 2.45) is 28.6 Å². The van der Waals surface area contributed by atoms with Crippen LogP contribution in [0.4, 0.5) is 4.39 Å².